The van der Waals surface area contributed by atoms with Crippen molar-refractivity contribution in [2.45, 2.75) is 13.3 Å². The van der Waals surface area contributed by atoms with Gasteiger partial charge in [-0.05, 0) is 24.6 Å². The number of aliphatic carboxylic acids is 1. The maximum atomic E-state index is 11.2. The fourth-order valence-electron chi connectivity index (χ4n) is 1.90. The molecule has 0 bridgehead atoms. The van der Waals surface area contributed by atoms with Crippen LogP contribution in [-0.4, -0.2) is 34.6 Å². The number of hydrogen-bond acceptors (Lipinski definition) is 3. The summed E-state index contributed by atoms with van der Waals surface area (Å²) < 4.78 is 0. The van der Waals surface area contributed by atoms with E-state index in [2.05, 4.69) is 9.97 Å². The lowest BCUT2D eigenvalue weighted by Crippen LogP contribution is -2.22. The van der Waals surface area contributed by atoms with Gasteiger partial charge in [-0.2, -0.15) is 0 Å². The number of carbonyl (C=O) groups is 1. The summed E-state index contributed by atoms with van der Waals surface area (Å²) in [5, 5.41) is 8.85. The van der Waals surface area contributed by atoms with Crippen molar-refractivity contribution in [3.8, 4) is 0 Å². The highest BCUT2D eigenvalue weighted by atomic mass is 16.4. The summed E-state index contributed by atoms with van der Waals surface area (Å²) in [6, 6.07) is 5.61. The Kier molecular flexibility index (Phi) is 3.59. The number of nitrogens with zero attached hydrogens (tertiary/aromatic N) is 1. The van der Waals surface area contributed by atoms with Crippen molar-refractivity contribution in [1.82, 2.24) is 9.97 Å². The first-order chi connectivity index (χ1) is 8.97. The van der Waals surface area contributed by atoms with E-state index < -0.39 is 5.97 Å². The van der Waals surface area contributed by atoms with Crippen molar-refractivity contribution >= 4 is 22.7 Å². The molecule has 102 valence electrons. The van der Waals surface area contributed by atoms with Gasteiger partial charge in [-0.15, -0.1) is 0 Å². The minimum Gasteiger partial charge on any atom is -0.481 e. The first-order valence-corrected chi connectivity index (χ1v) is 6.13. The molecule has 0 amide bonds. The molecular formula is C13H17N3O3. The average molecular weight is 263 g/mol. The zero-order chi connectivity index (χ0) is 14.0. The van der Waals surface area contributed by atoms with Crippen LogP contribution in [0.4, 0.5) is 5.69 Å². The summed E-state index contributed by atoms with van der Waals surface area (Å²) in [4.78, 5) is 29.3. The Morgan fingerprint density at radius 3 is 2.74 bits per heavy atom. The topological polar surface area (TPSA) is 89.2 Å². The Bertz CT molecular complexity index is 644. The minimum absolute atomic E-state index is 0.227. The third-order valence-electron chi connectivity index (χ3n) is 3.26. The lowest BCUT2D eigenvalue weighted by molar-refractivity contribution is -0.141. The van der Waals surface area contributed by atoms with Crippen LogP contribution in [0.3, 0.4) is 0 Å². The van der Waals surface area contributed by atoms with Gasteiger partial charge in [0.2, 0.25) is 0 Å². The zero-order valence-corrected chi connectivity index (χ0v) is 10.9. The van der Waals surface area contributed by atoms with E-state index in [1.54, 1.807) is 6.92 Å². The van der Waals surface area contributed by atoms with Crippen molar-refractivity contribution in [3.05, 3.63) is 28.7 Å². The molecule has 0 saturated heterocycles. The van der Waals surface area contributed by atoms with Crippen LogP contribution < -0.4 is 10.6 Å². The smallest absolute Gasteiger partial charge is 0.323 e. The number of anilines is 1. The Hall–Kier alpha value is -2.24. The van der Waals surface area contributed by atoms with Gasteiger partial charge in [0.1, 0.15) is 0 Å². The Morgan fingerprint density at radius 2 is 2.05 bits per heavy atom. The predicted molar refractivity (Wildman–Crippen MR) is 73.6 cm³/mol. The van der Waals surface area contributed by atoms with Crippen molar-refractivity contribution in [3.63, 3.8) is 0 Å². The number of benzene rings is 1. The van der Waals surface area contributed by atoms with Gasteiger partial charge < -0.3 is 20.0 Å². The van der Waals surface area contributed by atoms with Gasteiger partial charge in [0, 0.05) is 19.3 Å². The maximum Gasteiger partial charge on any atom is 0.323 e. The number of nitrogens with one attached hydrogen (secondary N) is 2. The van der Waals surface area contributed by atoms with E-state index in [4.69, 9.17) is 5.11 Å². The standard InChI is InChI=1S/C13H17N3O3/c1-8(12(17)18)5-6-16(2)9-3-4-10-11(7-9)15-13(19)14-10/h3-4,7-8H,5-6H2,1-2H3,(H,17,18)(H2,14,15,19). The number of fused-ring (bicyclic) bond motifs is 1. The van der Waals surface area contributed by atoms with E-state index in [0.29, 0.717) is 13.0 Å². The monoisotopic (exact) mass is 263 g/mol. The van der Waals surface area contributed by atoms with E-state index in [0.717, 1.165) is 16.7 Å². The molecule has 0 aliphatic rings. The third-order valence-corrected chi connectivity index (χ3v) is 3.26. The molecule has 1 aromatic carbocycles. The molecule has 1 aromatic heterocycles. The number of carboxylic acid groups (broad SMARTS) is 1. The molecular weight excluding hydrogens is 246 g/mol. The highest BCUT2D eigenvalue weighted by molar-refractivity contribution is 5.79. The molecule has 1 unspecified atom stereocenters. The molecule has 2 rings (SSSR count). The first kappa shape index (κ1) is 13.2. The highest BCUT2D eigenvalue weighted by Gasteiger charge is 2.12. The number of hydrogen-bond donors (Lipinski definition) is 3. The number of aromatic amines is 2. The first-order valence-electron chi connectivity index (χ1n) is 6.13. The van der Waals surface area contributed by atoms with Gasteiger partial charge in [0.15, 0.2) is 0 Å². The zero-order valence-electron chi connectivity index (χ0n) is 10.9. The van der Waals surface area contributed by atoms with Crippen LogP contribution in [0.2, 0.25) is 0 Å². The van der Waals surface area contributed by atoms with E-state index in [-0.39, 0.29) is 11.6 Å². The molecule has 0 fully saturated rings. The van der Waals surface area contributed by atoms with Crippen molar-refractivity contribution < 1.29 is 9.90 Å². The Balaban J connectivity index is 2.10. The predicted octanol–water partition coefficient (Wildman–Crippen LogP) is 1.40. The van der Waals surface area contributed by atoms with Gasteiger partial charge >= 0.3 is 11.7 Å². The lowest BCUT2D eigenvalue weighted by Gasteiger charge is -2.20. The quantitative estimate of drug-likeness (QED) is 0.760. The summed E-state index contributed by atoms with van der Waals surface area (Å²) in [5.41, 5.74) is 2.23. The lowest BCUT2D eigenvalue weighted by atomic mass is 10.1. The molecule has 1 atom stereocenters. The Morgan fingerprint density at radius 1 is 1.37 bits per heavy atom. The molecule has 0 aliphatic carbocycles. The van der Waals surface area contributed by atoms with Crippen LogP contribution >= 0.6 is 0 Å². The van der Waals surface area contributed by atoms with Crippen LogP contribution in [0.25, 0.3) is 11.0 Å². The summed E-state index contributed by atoms with van der Waals surface area (Å²) in [5.74, 6) is -1.14. The fraction of sp³-hybridized carbons (Fsp3) is 0.385. The highest BCUT2D eigenvalue weighted by Crippen LogP contribution is 2.18. The van der Waals surface area contributed by atoms with Crippen LogP contribution in [0.1, 0.15) is 13.3 Å². The van der Waals surface area contributed by atoms with Crippen molar-refractivity contribution in [1.29, 1.82) is 0 Å². The summed E-state index contributed by atoms with van der Waals surface area (Å²) in [6.07, 6.45) is 0.577. The second kappa shape index (κ2) is 5.17. The Labute approximate surface area is 110 Å². The second-order valence-corrected chi connectivity index (χ2v) is 4.76. The van der Waals surface area contributed by atoms with Crippen LogP contribution in [0, 0.1) is 5.92 Å². The van der Waals surface area contributed by atoms with Crippen molar-refractivity contribution in [2.75, 3.05) is 18.5 Å². The van der Waals surface area contributed by atoms with Crippen molar-refractivity contribution in [2.24, 2.45) is 5.92 Å². The summed E-state index contributed by atoms with van der Waals surface area (Å²) >= 11 is 0. The average Bonchev–Trinajstić information content (AvgIpc) is 2.74. The molecule has 6 nitrogen and oxygen atoms in total. The molecule has 6 heteroatoms. The van der Waals surface area contributed by atoms with Gasteiger partial charge in [0.05, 0.1) is 17.0 Å². The number of rotatable bonds is 5. The second-order valence-electron chi connectivity index (χ2n) is 4.76. The summed E-state index contributed by atoms with van der Waals surface area (Å²) in [7, 11) is 1.90. The molecule has 0 saturated carbocycles. The van der Waals surface area contributed by atoms with E-state index in [1.165, 1.54) is 0 Å². The van der Waals surface area contributed by atoms with Crippen LogP contribution in [0.5, 0.6) is 0 Å². The van der Waals surface area contributed by atoms with E-state index in [9.17, 15) is 9.59 Å². The van der Waals surface area contributed by atoms with Crippen LogP contribution in [-0.2, 0) is 4.79 Å². The fourth-order valence-corrected chi connectivity index (χ4v) is 1.90. The molecule has 1 heterocycles. The maximum absolute atomic E-state index is 11.2. The SMILES string of the molecule is CC(CCN(C)c1ccc2[nH]c(=O)[nH]c2c1)C(=O)O. The molecule has 3 N–H and O–H groups in total. The summed E-state index contributed by atoms with van der Waals surface area (Å²) in [6.45, 7) is 2.34. The minimum atomic E-state index is -0.779. The van der Waals surface area contributed by atoms with E-state index >= 15 is 0 Å². The van der Waals surface area contributed by atoms with Gasteiger partial charge in [-0.1, -0.05) is 6.92 Å². The third kappa shape index (κ3) is 2.96. The number of H-pyrrole nitrogens is 2. The van der Waals surface area contributed by atoms with Crippen LogP contribution in [0.15, 0.2) is 23.0 Å². The molecule has 0 radical (unpaired) electrons. The number of carboxylic acids is 1. The molecule has 19 heavy (non-hydrogen) atoms. The van der Waals surface area contributed by atoms with E-state index in [1.807, 2.05) is 30.1 Å². The molecule has 0 aliphatic heterocycles. The molecule has 2 aromatic rings. The largest absolute Gasteiger partial charge is 0.481 e. The normalized spacial score (nSPS) is 12.5. The van der Waals surface area contributed by atoms with Gasteiger partial charge in [-0.3, -0.25) is 4.79 Å². The van der Waals surface area contributed by atoms with Gasteiger partial charge in [0.25, 0.3) is 0 Å². The molecule has 0 spiro atoms. The van der Waals surface area contributed by atoms with Gasteiger partial charge in [-0.25, -0.2) is 4.79 Å². The number of imidazole rings is 1. The number of aromatic nitrogens is 2.